The Morgan fingerprint density at radius 3 is 2.55 bits per heavy atom. The van der Waals surface area contributed by atoms with Crippen LogP contribution < -0.4 is 5.32 Å². The van der Waals surface area contributed by atoms with Crippen LogP contribution in [0.2, 0.25) is 0 Å². The number of amides is 3. The lowest BCUT2D eigenvalue weighted by Crippen LogP contribution is -2.39. The van der Waals surface area contributed by atoms with E-state index >= 15 is 0 Å². The molecule has 11 heavy (non-hydrogen) atoms. The van der Waals surface area contributed by atoms with Crippen molar-refractivity contribution in [1.82, 2.24) is 10.2 Å². The highest BCUT2D eigenvalue weighted by Crippen LogP contribution is 1.81. The van der Waals surface area contributed by atoms with Gasteiger partial charge in [-0.25, -0.2) is 4.79 Å². The van der Waals surface area contributed by atoms with Gasteiger partial charge in [0.05, 0.1) is 0 Å². The van der Waals surface area contributed by atoms with Gasteiger partial charge in [0, 0.05) is 13.6 Å². The van der Waals surface area contributed by atoms with Gasteiger partial charge in [0.15, 0.2) is 0 Å². The van der Waals surface area contributed by atoms with Crippen molar-refractivity contribution in [3.05, 3.63) is 12.7 Å². The minimum absolute atomic E-state index is 0.405. The van der Waals surface area contributed by atoms with E-state index in [2.05, 4.69) is 11.9 Å². The molecule has 4 heteroatoms. The molecule has 0 rings (SSSR count). The van der Waals surface area contributed by atoms with Crippen LogP contribution in [-0.4, -0.2) is 30.4 Å². The third-order valence-corrected chi connectivity index (χ3v) is 1.24. The summed E-state index contributed by atoms with van der Waals surface area (Å²) < 4.78 is 0. The van der Waals surface area contributed by atoms with Crippen molar-refractivity contribution in [3.8, 4) is 0 Å². The molecule has 0 fully saturated rings. The van der Waals surface area contributed by atoms with Crippen LogP contribution in [0.1, 0.15) is 6.92 Å². The molecule has 0 aromatic rings. The molecular formula is C7H12N2O2. The first-order valence-electron chi connectivity index (χ1n) is 3.30. The van der Waals surface area contributed by atoms with E-state index in [1.165, 1.54) is 4.90 Å². The van der Waals surface area contributed by atoms with E-state index in [1.807, 2.05) is 6.92 Å². The van der Waals surface area contributed by atoms with Crippen LogP contribution in [0.25, 0.3) is 0 Å². The van der Waals surface area contributed by atoms with Gasteiger partial charge in [-0.05, 0) is 13.0 Å². The number of hydrogen-bond donors (Lipinski definition) is 1. The maximum absolute atomic E-state index is 10.9. The van der Waals surface area contributed by atoms with E-state index in [0.29, 0.717) is 6.54 Å². The number of imide groups is 1. The summed E-state index contributed by atoms with van der Waals surface area (Å²) in [5, 5.41) is 2.11. The number of urea groups is 1. The molecule has 0 saturated heterocycles. The van der Waals surface area contributed by atoms with Crippen molar-refractivity contribution < 1.29 is 9.59 Å². The molecule has 3 amide bonds. The van der Waals surface area contributed by atoms with Crippen LogP contribution in [0, 0.1) is 0 Å². The lowest BCUT2D eigenvalue weighted by atomic mass is 10.5. The van der Waals surface area contributed by atoms with E-state index in [-0.39, 0.29) is 0 Å². The van der Waals surface area contributed by atoms with Crippen molar-refractivity contribution in [2.75, 3.05) is 13.6 Å². The smallest absolute Gasteiger partial charge is 0.324 e. The third kappa shape index (κ3) is 3.40. The quantitative estimate of drug-likeness (QED) is 0.587. The zero-order valence-corrected chi connectivity index (χ0v) is 6.76. The van der Waals surface area contributed by atoms with Crippen molar-refractivity contribution in [2.45, 2.75) is 6.92 Å². The largest absolute Gasteiger partial charge is 0.328 e. The predicted molar refractivity (Wildman–Crippen MR) is 42.0 cm³/mol. The topological polar surface area (TPSA) is 49.4 Å². The molecule has 0 heterocycles. The summed E-state index contributed by atoms with van der Waals surface area (Å²) in [6.07, 6.45) is 1.06. The van der Waals surface area contributed by atoms with Gasteiger partial charge in [-0.1, -0.05) is 6.58 Å². The summed E-state index contributed by atoms with van der Waals surface area (Å²) in [6, 6.07) is -0.405. The van der Waals surface area contributed by atoms with Gasteiger partial charge in [-0.2, -0.15) is 0 Å². The van der Waals surface area contributed by atoms with Gasteiger partial charge in [0.1, 0.15) is 0 Å². The fourth-order valence-electron chi connectivity index (χ4n) is 0.395. The number of rotatable bonds is 2. The van der Waals surface area contributed by atoms with E-state index in [0.717, 1.165) is 6.08 Å². The highest BCUT2D eigenvalue weighted by atomic mass is 16.2. The van der Waals surface area contributed by atoms with Gasteiger partial charge in [-0.15, -0.1) is 0 Å². The predicted octanol–water partition coefficient (Wildman–Crippen LogP) is 0.360. The Kier molecular flexibility index (Phi) is 3.95. The first-order valence-corrected chi connectivity index (χ1v) is 3.30. The van der Waals surface area contributed by atoms with E-state index in [4.69, 9.17) is 0 Å². The zero-order chi connectivity index (χ0) is 8.85. The second-order valence-electron chi connectivity index (χ2n) is 2.01. The maximum atomic E-state index is 10.9. The molecule has 0 radical (unpaired) electrons. The number of nitrogens with zero attached hydrogens (tertiary/aromatic N) is 1. The second-order valence-corrected chi connectivity index (χ2v) is 2.01. The highest BCUT2D eigenvalue weighted by Gasteiger charge is 2.06. The van der Waals surface area contributed by atoms with Crippen molar-refractivity contribution in [3.63, 3.8) is 0 Å². The number of hydrogen-bond acceptors (Lipinski definition) is 2. The molecule has 0 spiro atoms. The Morgan fingerprint density at radius 2 is 2.18 bits per heavy atom. The summed E-state index contributed by atoms with van der Waals surface area (Å²) in [5.41, 5.74) is 0. The van der Waals surface area contributed by atoms with E-state index < -0.39 is 11.9 Å². The maximum Gasteiger partial charge on any atom is 0.324 e. The molecule has 4 nitrogen and oxygen atoms in total. The van der Waals surface area contributed by atoms with Gasteiger partial charge in [0.2, 0.25) is 0 Å². The molecule has 0 aliphatic carbocycles. The third-order valence-electron chi connectivity index (χ3n) is 1.24. The second kappa shape index (κ2) is 4.49. The Morgan fingerprint density at radius 1 is 1.64 bits per heavy atom. The SMILES string of the molecule is C=CC(=O)NC(=O)N(C)CC. The highest BCUT2D eigenvalue weighted by molar-refractivity contribution is 5.99. The van der Waals surface area contributed by atoms with Crippen molar-refractivity contribution >= 4 is 11.9 Å². The number of carbonyl (C=O) groups is 2. The molecule has 0 unspecified atom stereocenters. The molecule has 0 bridgehead atoms. The van der Waals surface area contributed by atoms with Crippen LogP contribution in [0.4, 0.5) is 4.79 Å². The van der Waals surface area contributed by atoms with Crippen LogP contribution in [0.3, 0.4) is 0 Å². The minimum Gasteiger partial charge on any atom is -0.328 e. The molecule has 0 aliphatic heterocycles. The first-order chi connectivity index (χ1) is 5.11. The zero-order valence-electron chi connectivity index (χ0n) is 6.76. The summed E-state index contributed by atoms with van der Waals surface area (Å²) in [4.78, 5) is 22.8. The van der Waals surface area contributed by atoms with Gasteiger partial charge in [0.25, 0.3) is 5.91 Å². The number of carbonyl (C=O) groups excluding carboxylic acids is 2. The fraction of sp³-hybridized carbons (Fsp3) is 0.429. The molecule has 0 aliphatic rings. The van der Waals surface area contributed by atoms with E-state index in [1.54, 1.807) is 7.05 Å². The Balaban J connectivity index is 3.86. The van der Waals surface area contributed by atoms with E-state index in [9.17, 15) is 9.59 Å². The summed E-state index contributed by atoms with van der Waals surface area (Å²) in [7, 11) is 1.60. The summed E-state index contributed by atoms with van der Waals surface area (Å²) in [6.45, 7) is 5.60. The molecule has 62 valence electrons. The normalized spacial score (nSPS) is 8.55. The monoisotopic (exact) mass is 156 g/mol. The fourth-order valence-corrected chi connectivity index (χ4v) is 0.395. The first kappa shape index (κ1) is 9.68. The Hall–Kier alpha value is -1.32. The van der Waals surface area contributed by atoms with Gasteiger partial charge in [-0.3, -0.25) is 10.1 Å². The lowest BCUT2D eigenvalue weighted by molar-refractivity contribution is -0.115. The van der Waals surface area contributed by atoms with Crippen molar-refractivity contribution in [2.24, 2.45) is 0 Å². The van der Waals surface area contributed by atoms with Gasteiger partial charge < -0.3 is 4.90 Å². The average Bonchev–Trinajstić information content (AvgIpc) is 2.02. The average molecular weight is 156 g/mol. The Bertz CT molecular complexity index is 177. The minimum atomic E-state index is -0.477. The van der Waals surface area contributed by atoms with Crippen LogP contribution in [0.5, 0.6) is 0 Å². The molecule has 0 aromatic heterocycles. The molecule has 1 N–H and O–H groups in total. The summed E-state index contributed by atoms with van der Waals surface area (Å²) >= 11 is 0. The summed E-state index contributed by atoms with van der Waals surface area (Å²) in [5.74, 6) is -0.477. The van der Waals surface area contributed by atoms with Crippen LogP contribution in [0.15, 0.2) is 12.7 Å². The lowest BCUT2D eigenvalue weighted by Gasteiger charge is -2.13. The van der Waals surface area contributed by atoms with Crippen molar-refractivity contribution in [1.29, 1.82) is 0 Å². The molecule has 0 aromatic carbocycles. The molecular weight excluding hydrogens is 144 g/mol. The Labute approximate surface area is 65.9 Å². The van der Waals surface area contributed by atoms with Crippen LogP contribution >= 0.6 is 0 Å². The molecule has 0 atom stereocenters. The number of nitrogens with one attached hydrogen (secondary N) is 1. The standard InChI is InChI=1S/C7H12N2O2/c1-4-6(10)8-7(11)9(3)5-2/h4H,1,5H2,2-3H3,(H,8,10,11). The van der Waals surface area contributed by atoms with Gasteiger partial charge >= 0.3 is 6.03 Å². The van der Waals surface area contributed by atoms with Crippen LogP contribution in [-0.2, 0) is 4.79 Å². The molecule has 0 saturated carbocycles.